The Labute approximate surface area is 109 Å². The second-order valence-electron chi connectivity index (χ2n) is 2.81. The third-order valence-corrected chi connectivity index (χ3v) is 3.45. The summed E-state index contributed by atoms with van der Waals surface area (Å²) in [7, 11) is 0. The monoisotopic (exact) mass is 317 g/mol. The molecular formula is C10H5BrClNO2S. The minimum Gasteiger partial charge on any atom is -0.431 e. The molecule has 3 nitrogen and oxygen atoms in total. The Morgan fingerprint density at radius 1 is 1.50 bits per heavy atom. The van der Waals surface area contributed by atoms with Crippen LogP contribution in [0.3, 0.4) is 0 Å². The highest BCUT2D eigenvalue weighted by molar-refractivity contribution is 9.10. The second-order valence-corrected chi connectivity index (χ2v) is 5.08. The molecule has 0 aliphatic carbocycles. The molecule has 0 saturated carbocycles. The van der Waals surface area contributed by atoms with E-state index in [1.54, 1.807) is 12.1 Å². The Morgan fingerprint density at radius 2 is 2.31 bits per heavy atom. The van der Waals surface area contributed by atoms with E-state index in [9.17, 15) is 4.79 Å². The van der Waals surface area contributed by atoms with E-state index in [1.165, 1.54) is 0 Å². The highest BCUT2D eigenvalue weighted by Crippen LogP contribution is 2.31. The number of benzene rings is 1. The summed E-state index contributed by atoms with van der Waals surface area (Å²) in [6, 6.07) is 7.32. The van der Waals surface area contributed by atoms with Crippen molar-refractivity contribution in [3.8, 4) is 10.9 Å². The van der Waals surface area contributed by atoms with Crippen molar-refractivity contribution >= 4 is 45.2 Å². The van der Waals surface area contributed by atoms with E-state index >= 15 is 0 Å². The lowest BCUT2D eigenvalue weighted by molar-refractivity contribution is 0.112. The Hall–Kier alpha value is -0.910. The number of thiazole rings is 1. The minimum absolute atomic E-state index is 0.171. The minimum atomic E-state index is 0.171. The SMILES string of the molecule is O=Cc1sc(Oc2cccc(Br)c2)nc1Cl. The molecule has 16 heavy (non-hydrogen) atoms. The lowest BCUT2D eigenvalue weighted by Gasteiger charge is -2.00. The van der Waals surface area contributed by atoms with E-state index in [2.05, 4.69) is 20.9 Å². The zero-order valence-corrected chi connectivity index (χ0v) is 11.0. The zero-order valence-electron chi connectivity index (χ0n) is 7.81. The van der Waals surface area contributed by atoms with Crippen molar-refractivity contribution in [3.63, 3.8) is 0 Å². The molecule has 0 amide bonds. The molecule has 0 radical (unpaired) electrons. The fourth-order valence-corrected chi connectivity index (χ4v) is 2.35. The summed E-state index contributed by atoms with van der Waals surface area (Å²) < 4.78 is 6.36. The summed E-state index contributed by atoms with van der Waals surface area (Å²) in [5, 5.41) is 0.523. The van der Waals surface area contributed by atoms with E-state index in [-0.39, 0.29) is 5.15 Å². The van der Waals surface area contributed by atoms with Crippen LogP contribution in [0, 0.1) is 0 Å². The van der Waals surface area contributed by atoms with Crippen molar-refractivity contribution in [2.45, 2.75) is 0 Å². The predicted molar refractivity (Wildman–Crippen MR) is 66.7 cm³/mol. The quantitative estimate of drug-likeness (QED) is 0.798. The number of aromatic nitrogens is 1. The maximum absolute atomic E-state index is 10.6. The van der Waals surface area contributed by atoms with Crippen molar-refractivity contribution < 1.29 is 9.53 Å². The van der Waals surface area contributed by atoms with Gasteiger partial charge in [-0.3, -0.25) is 4.79 Å². The largest absolute Gasteiger partial charge is 0.431 e. The number of ether oxygens (including phenoxy) is 1. The number of carbonyl (C=O) groups is 1. The van der Waals surface area contributed by atoms with Gasteiger partial charge in [-0.2, -0.15) is 4.98 Å². The number of rotatable bonds is 3. The van der Waals surface area contributed by atoms with Gasteiger partial charge in [-0.15, -0.1) is 0 Å². The maximum Gasteiger partial charge on any atom is 0.280 e. The average Bonchev–Trinajstić information content (AvgIpc) is 2.58. The van der Waals surface area contributed by atoms with E-state index in [1.807, 2.05) is 12.1 Å². The first-order chi connectivity index (χ1) is 7.69. The lowest BCUT2D eigenvalue weighted by atomic mass is 10.3. The molecule has 1 heterocycles. The third kappa shape index (κ3) is 2.61. The molecule has 1 aromatic heterocycles. The van der Waals surface area contributed by atoms with Crippen molar-refractivity contribution in [2.75, 3.05) is 0 Å². The van der Waals surface area contributed by atoms with Crippen LogP contribution in [0.25, 0.3) is 0 Å². The molecule has 0 spiro atoms. The number of carbonyl (C=O) groups excluding carboxylic acids is 1. The van der Waals surface area contributed by atoms with Gasteiger partial charge < -0.3 is 4.74 Å². The average molecular weight is 319 g/mol. The first kappa shape index (κ1) is 11.6. The summed E-state index contributed by atoms with van der Waals surface area (Å²) in [6.45, 7) is 0. The fourth-order valence-electron chi connectivity index (χ4n) is 1.04. The number of hydrogen-bond acceptors (Lipinski definition) is 4. The van der Waals surface area contributed by atoms with Crippen LogP contribution in [-0.2, 0) is 0 Å². The van der Waals surface area contributed by atoms with Gasteiger partial charge in [0.1, 0.15) is 10.6 Å². The number of nitrogens with zero attached hydrogens (tertiary/aromatic N) is 1. The molecule has 0 bridgehead atoms. The first-order valence-corrected chi connectivity index (χ1v) is 6.22. The highest BCUT2D eigenvalue weighted by atomic mass is 79.9. The molecule has 6 heteroatoms. The van der Waals surface area contributed by atoms with Crippen LogP contribution in [-0.4, -0.2) is 11.3 Å². The molecular weight excluding hydrogens is 314 g/mol. The summed E-state index contributed by atoms with van der Waals surface area (Å²) in [5.41, 5.74) is 0. The van der Waals surface area contributed by atoms with Crippen molar-refractivity contribution in [1.29, 1.82) is 0 Å². The summed E-state index contributed by atoms with van der Waals surface area (Å²) in [6.07, 6.45) is 0.660. The molecule has 0 unspecified atom stereocenters. The molecule has 2 aromatic rings. The van der Waals surface area contributed by atoms with Crippen LogP contribution in [0.4, 0.5) is 0 Å². The fraction of sp³-hybridized carbons (Fsp3) is 0. The standard InChI is InChI=1S/C10H5BrClNO2S/c11-6-2-1-3-7(4-6)15-10-13-9(12)8(5-14)16-10/h1-5H. The van der Waals surface area contributed by atoms with Crippen LogP contribution in [0.15, 0.2) is 28.7 Å². The zero-order chi connectivity index (χ0) is 11.5. The number of aldehydes is 1. The Balaban J connectivity index is 2.23. The molecule has 0 atom stereocenters. The smallest absolute Gasteiger partial charge is 0.280 e. The van der Waals surface area contributed by atoms with Gasteiger partial charge in [-0.05, 0) is 18.2 Å². The molecule has 0 aliphatic rings. The van der Waals surface area contributed by atoms with E-state index < -0.39 is 0 Å². The van der Waals surface area contributed by atoms with Gasteiger partial charge in [0.25, 0.3) is 5.19 Å². The van der Waals surface area contributed by atoms with Crippen LogP contribution >= 0.6 is 38.9 Å². The Bertz CT molecular complexity index is 529. The van der Waals surface area contributed by atoms with Gasteiger partial charge in [0.05, 0.1) is 0 Å². The van der Waals surface area contributed by atoms with Gasteiger partial charge in [0, 0.05) is 4.47 Å². The van der Waals surface area contributed by atoms with Crippen LogP contribution < -0.4 is 4.74 Å². The van der Waals surface area contributed by atoms with Gasteiger partial charge in [0.15, 0.2) is 11.4 Å². The van der Waals surface area contributed by atoms with Gasteiger partial charge in [-0.25, -0.2) is 0 Å². The molecule has 0 saturated heterocycles. The van der Waals surface area contributed by atoms with Crippen molar-refractivity contribution in [1.82, 2.24) is 4.98 Å². The van der Waals surface area contributed by atoms with Crippen LogP contribution in [0.1, 0.15) is 9.67 Å². The number of halogens is 2. The Morgan fingerprint density at radius 3 is 2.94 bits per heavy atom. The molecule has 82 valence electrons. The molecule has 0 aliphatic heterocycles. The van der Waals surface area contributed by atoms with E-state index in [0.717, 1.165) is 15.8 Å². The van der Waals surface area contributed by atoms with Gasteiger partial charge in [-0.1, -0.05) is 44.9 Å². The van der Waals surface area contributed by atoms with Crippen LogP contribution in [0.5, 0.6) is 10.9 Å². The topological polar surface area (TPSA) is 39.2 Å². The number of hydrogen-bond donors (Lipinski definition) is 0. The third-order valence-electron chi connectivity index (χ3n) is 1.70. The van der Waals surface area contributed by atoms with E-state index in [0.29, 0.717) is 22.1 Å². The summed E-state index contributed by atoms with van der Waals surface area (Å²) in [4.78, 5) is 14.9. The van der Waals surface area contributed by atoms with Crippen LogP contribution in [0.2, 0.25) is 5.15 Å². The Kier molecular flexibility index (Phi) is 3.58. The van der Waals surface area contributed by atoms with Crippen molar-refractivity contribution in [2.24, 2.45) is 0 Å². The summed E-state index contributed by atoms with van der Waals surface area (Å²) >= 11 is 10.2. The lowest BCUT2D eigenvalue weighted by Crippen LogP contribution is -1.82. The molecule has 2 rings (SSSR count). The molecule has 0 N–H and O–H groups in total. The highest BCUT2D eigenvalue weighted by Gasteiger charge is 2.10. The summed E-state index contributed by atoms with van der Waals surface area (Å²) in [5.74, 6) is 0.636. The van der Waals surface area contributed by atoms with E-state index in [4.69, 9.17) is 16.3 Å². The molecule has 0 fully saturated rings. The molecule has 1 aromatic carbocycles. The van der Waals surface area contributed by atoms with Crippen molar-refractivity contribution in [3.05, 3.63) is 38.8 Å². The predicted octanol–water partition coefficient (Wildman–Crippen LogP) is 4.16. The second kappa shape index (κ2) is 4.95. The first-order valence-electron chi connectivity index (χ1n) is 4.24. The maximum atomic E-state index is 10.6. The van der Waals surface area contributed by atoms with Gasteiger partial charge in [0.2, 0.25) is 0 Å². The van der Waals surface area contributed by atoms with Gasteiger partial charge >= 0.3 is 0 Å². The normalized spacial score (nSPS) is 10.1.